The van der Waals surface area contributed by atoms with Crippen molar-refractivity contribution in [1.82, 2.24) is 24.7 Å². The molecule has 0 spiro atoms. The monoisotopic (exact) mass is 492 g/mol. The van der Waals surface area contributed by atoms with Crippen molar-refractivity contribution in [2.75, 3.05) is 23.8 Å². The Labute approximate surface area is 204 Å². The van der Waals surface area contributed by atoms with Gasteiger partial charge in [0, 0.05) is 43.9 Å². The predicted molar refractivity (Wildman–Crippen MR) is 128 cm³/mol. The highest BCUT2D eigenvalue weighted by atomic mass is 19.3. The fourth-order valence-electron chi connectivity index (χ4n) is 4.74. The molecule has 1 fully saturated rings. The Morgan fingerprint density at radius 1 is 1.19 bits per heavy atom. The van der Waals surface area contributed by atoms with Crippen LogP contribution in [0.2, 0.25) is 0 Å². The van der Waals surface area contributed by atoms with Gasteiger partial charge in [-0.3, -0.25) is 4.68 Å². The van der Waals surface area contributed by atoms with E-state index in [1.165, 1.54) is 6.20 Å². The van der Waals surface area contributed by atoms with Crippen LogP contribution < -0.4 is 20.1 Å². The maximum atomic E-state index is 13.8. The topological polar surface area (TPSA) is 126 Å². The van der Waals surface area contributed by atoms with E-state index in [4.69, 9.17) is 9.47 Å². The van der Waals surface area contributed by atoms with Gasteiger partial charge in [0.15, 0.2) is 11.5 Å². The van der Waals surface area contributed by atoms with Crippen LogP contribution in [0.25, 0.3) is 22.3 Å². The second-order valence-electron chi connectivity index (χ2n) is 8.85. The van der Waals surface area contributed by atoms with Crippen LogP contribution in [-0.2, 0) is 7.05 Å². The molecule has 1 aliphatic heterocycles. The van der Waals surface area contributed by atoms with E-state index in [0.29, 0.717) is 59.2 Å². The zero-order valence-corrected chi connectivity index (χ0v) is 19.3. The lowest BCUT2D eigenvalue weighted by molar-refractivity contribution is 0.00852. The van der Waals surface area contributed by atoms with Gasteiger partial charge in [-0.2, -0.15) is 20.3 Å². The number of aromatic nitrogens is 5. The summed E-state index contributed by atoms with van der Waals surface area (Å²) in [5.41, 5.74) is 3.03. The van der Waals surface area contributed by atoms with Gasteiger partial charge in [-0.1, -0.05) is 0 Å². The summed E-state index contributed by atoms with van der Waals surface area (Å²) in [6, 6.07) is 7.26. The molecule has 3 N–H and O–H groups in total. The number of nitriles is 1. The third kappa shape index (κ3) is 3.82. The number of rotatable bonds is 5. The first-order valence-corrected chi connectivity index (χ1v) is 11.5. The van der Waals surface area contributed by atoms with E-state index < -0.39 is 12.0 Å². The molecular weight excluding hydrogens is 470 g/mol. The number of hydrogen-bond acceptors (Lipinski definition) is 8. The highest BCUT2D eigenvalue weighted by Crippen LogP contribution is 2.45. The van der Waals surface area contributed by atoms with E-state index in [-0.39, 0.29) is 18.8 Å². The zero-order chi connectivity index (χ0) is 24.9. The molecule has 36 heavy (non-hydrogen) atoms. The Kier molecular flexibility index (Phi) is 5.13. The van der Waals surface area contributed by atoms with Crippen LogP contribution in [-0.4, -0.2) is 49.9 Å². The lowest BCUT2D eigenvalue weighted by atomic mass is 10.1. The third-order valence-electron chi connectivity index (χ3n) is 6.43. The van der Waals surface area contributed by atoms with Gasteiger partial charge in [-0.25, -0.2) is 8.78 Å². The number of alkyl halides is 2. The van der Waals surface area contributed by atoms with Crippen LogP contribution in [0, 0.1) is 11.3 Å². The number of H-pyrrole nitrogens is 1. The number of aromatic amines is 1. The average molecular weight is 492 g/mol. The second-order valence-corrected chi connectivity index (χ2v) is 8.85. The van der Waals surface area contributed by atoms with Crippen LogP contribution >= 0.6 is 0 Å². The van der Waals surface area contributed by atoms with Crippen LogP contribution in [0.4, 0.5) is 26.2 Å². The number of ether oxygens (including phenoxy) is 2. The summed E-state index contributed by atoms with van der Waals surface area (Å²) < 4.78 is 41.3. The molecule has 12 heteroatoms. The Hall–Kier alpha value is -4.40. The van der Waals surface area contributed by atoms with Gasteiger partial charge < -0.3 is 25.1 Å². The van der Waals surface area contributed by atoms with Crippen molar-refractivity contribution in [3.05, 3.63) is 36.2 Å². The molecule has 1 saturated carbocycles. The minimum absolute atomic E-state index is 0.186. The Balaban J connectivity index is 1.39. The van der Waals surface area contributed by atoms with Gasteiger partial charge in [0.2, 0.25) is 11.9 Å². The van der Waals surface area contributed by atoms with Crippen molar-refractivity contribution >= 4 is 28.5 Å². The number of nitrogens with one attached hydrogen (secondary N) is 3. The van der Waals surface area contributed by atoms with Crippen molar-refractivity contribution < 1.29 is 18.3 Å². The fourth-order valence-corrected chi connectivity index (χ4v) is 4.74. The Morgan fingerprint density at radius 3 is 2.75 bits per heavy atom. The highest BCUT2D eigenvalue weighted by molar-refractivity contribution is 5.94. The third-order valence-corrected chi connectivity index (χ3v) is 6.43. The molecule has 1 unspecified atom stereocenters. The van der Waals surface area contributed by atoms with E-state index in [1.807, 2.05) is 25.2 Å². The molecular formula is C24H22F2N8O2. The molecule has 1 aromatic carbocycles. The first-order valence-electron chi connectivity index (χ1n) is 11.5. The normalized spacial score (nSPS) is 18.2. The molecule has 6 rings (SSSR count). The van der Waals surface area contributed by atoms with Gasteiger partial charge in [-0.05, 0) is 24.6 Å². The summed E-state index contributed by atoms with van der Waals surface area (Å²) in [6.07, 6.45) is 3.07. The maximum absolute atomic E-state index is 13.8. The van der Waals surface area contributed by atoms with E-state index in [2.05, 4.69) is 36.8 Å². The number of aryl methyl sites for hydroxylation is 1. The summed E-state index contributed by atoms with van der Waals surface area (Å²) in [6.45, 7) is 0.782. The predicted octanol–water partition coefficient (Wildman–Crippen LogP) is 4.34. The molecule has 10 nitrogen and oxygen atoms in total. The van der Waals surface area contributed by atoms with Gasteiger partial charge in [0.05, 0.1) is 22.3 Å². The van der Waals surface area contributed by atoms with Crippen molar-refractivity contribution in [1.29, 1.82) is 5.26 Å². The number of halogens is 2. The van der Waals surface area contributed by atoms with Gasteiger partial charge >= 0.3 is 0 Å². The van der Waals surface area contributed by atoms with Gasteiger partial charge in [0.1, 0.15) is 30.7 Å². The minimum Gasteiger partial charge on any atom is -0.485 e. The smallest absolute Gasteiger partial charge is 0.250 e. The molecule has 1 atom stereocenters. The van der Waals surface area contributed by atoms with Crippen molar-refractivity contribution in [2.45, 2.75) is 31.2 Å². The first-order chi connectivity index (χ1) is 17.4. The van der Waals surface area contributed by atoms with E-state index in [1.54, 1.807) is 10.9 Å². The van der Waals surface area contributed by atoms with Crippen LogP contribution in [0.15, 0.2) is 30.6 Å². The number of fused-ring (bicyclic) bond motifs is 2. The van der Waals surface area contributed by atoms with Crippen LogP contribution in [0.5, 0.6) is 11.5 Å². The lowest BCUT2D eigenvalue weighted by Crippen LogP contribution is -2.20. The lowest BCUT2D eigenvalue weighted by Gasteiger charge is -2.24. The maximum Gasteiger partial charge on any atom is 0.250 e. The summed E-state index contributed by atoms with van der Waals surface area (Å²) in [5, 5.41) is 20.5. The molecule has 4 aromatic rings. The zero-order valence-electron chi connectivity index (χ0n) is 19.3. The summed E-state index contributed by atoms with van der Waals surface area (Å²) in [4.78, 5) is 12.1. The molecule has 2 aliphatic rings. The highest BCUT2D eigenvalue weighted by Gasteiger charge is 2.39. The quantitative estimate of drug-likeness (QED) is 0.376. The number of hydrogen-bond donors (Lipinski definition) is 3. The molecule has 1 aliphatic carbocycles. The SMILES string of the molecule is Cn1nccc1-c1ccc(Nc2nc(NC3CCC(F)(F)C3)c3c(C#N)c[nH]c3n2)c2c1OCCO2. The molecule has 184 valence electrons. The minimum atomic E-state index is -2.72. The summed E-state index contributed by atoms with van der Waals surface area (Å²) in [7, 11) is 1.85. The van der Waals surface area contributed by atoms with Crippen molar-refractivity contribution in [2.24, 2.45) is 7.05 Å². The van der Waals surface area contributed by atoms with Gasteiger partial charge in [0.25, 0.3) is 0 Å². The molecule has 0 amide bonds. The summed E-state index contributed by atoms with van der Waals surface area (Å²) >= 11 is 0. The number of benzene rings is 1. The average Bonchev–Trinajstić information content (AvgIpc) is 3.57. The molecule has 0 saturated heterocycles. The second kappa shape index (κ2) is 8.37. The first kappa shape index (κ1) is 22.1. The van der Waals surface area contributed by atoms with E-state index >= 15 is 0 Å². The Morgan fingerprint density at radius 2 is 2.03 bits per heavy atom. The standard InChI is InChI=1S/C24H22F2N8O2/c1-34-17(5-7-29-34)15-2-3-16(20-19(15)35-8-9-36-20)31-23-32-21-18(13(11-27)12-28-21)22(33-23)30-14-4-6-24(25,26)10-14/h2-3,5,7,12,14H,4,6,8-10H2,1H3,(H3,28,30,31,32,33). The van der Waals surface area contributed by atoms with E-state index in [0.717, 1.165) is 11.3 Å². The van der Waals surface area contributed by atoms with Gasteiger partial charge in [-0.15, -0.1) is 0 Å². The van der Waals surface area contributed by atoms with Crippen LogP contribution in [0.3, 0.4) is 0 Å². The van der Waals surface area contributed by atoms with Crippen LogP contribution in [0.1, 0.15) is 24.8 Å². The van der Waals surface area contributed by atoms with Crippen molar-refractivity contribution in [3.63, 3.8) is 0 Å². The number of nitrogens with zero attached hydrogens (tertiary/aromatic N) is 5. The van der Waals surface area contributed by atoms with E-state index in [9.17, 15) is 14.0 Å². The largest absolute Gasteiger partial charge is 0.485 e. The molecule has 0 bridgehead atoms. The fraction of sp³-hybridized carbons (Fsp3) is 0.333. The number of anilines is 3. The molecule has 3 aromatic heterocycles. The molecule has 4 heterocycles. The molecule has 0 radical (unpaired) electrons. The Bertz CT molecular complexity index is 1510. The van der Waals surface area contributed by atoms with Crippen molar-refractivity contribution in [3.8, 4) is 28.8 Å². The summed E-state index contributed by atoms with van der Waals surface area (Å²) in [5.74, 6) is -1.09.